The van der Waals surface area contributed by atoms with Crippen molar-refractivity contribution < 1.29 is 17.9 Å². The molecular formula is C24H31N3O4S. The van der Waals surface area contributed by atoms with Gasteiger partial charge >= 0.3 is 0 Å². The van der Waals surface area contributed by atoms with Gasteiger partial charge in [-0.25, -0.2) is 8.42 Å². The van der Waals surface area contributed by atoms with E-state index in [0.29, 0.717) is 50.6 Å². The summed E-state index contributed by atoms with van der Waals surface area (Å²) in [6.45, 7) is 4.40. The van der Waals surface area contributed by atoms with Crippen LogP contribution in [0.2, 0.25) is 0 Å². The molecule has 8 heteroatoms. The molecule has 0 atom stereocenters. The Labute approximate surface area is 190 Å². The van der Waals surface area contributed by atoms with Crippen LogP contribution in [0.25, 0.3) is 0 Å². The van der Waals surface area contributed by atoms with Crippen LogP contribution in [-0.2, 0) is 16.6 Å². The Morgan fingerprint density at radius 3 is 2.25 bits per heavy atom. The molecule has 4 rings (SSSR count). The van der Waals surface area contributed by atoms with Gasteiger partial charge in [-0.15, -0.1) is 0 Å². The third-order valence-corrected chi connectivity index (χ3v) is 8.16. The number of ether oxygens (including phenoxy) is 1. The standard InChI is InChI=1S/C24H31N3O4S/c1-31-23-11-10-21(18-22(23)24(28)26-12-6-3-7-13-26)32(29,30)27-16-14-25(15-17-27)19-20-8-4-2-5-9-20/h2,4-5,8-11,18H,3,6-7,12-17,19H2,1H3. The average Bonchev–Trinajstić information content (AvgIpc) is 2.84. The number of likely N-dealkylation sites (tertiary alicyclic amines) is 1. The number of piperazine rings is 1. The minimum absolute atomic E-state index is 0.148. The van der Waals surface area contributed by atoms with Crippen LogP contribution in [0.1, 0.15) is 35.2 Å². The molecule has 0 unspecified atom stereocenters. The molecule has 2 aromatic carbocycles. The molecule has 2 fully saturated rings. The number of benzene rings is 2. The second kappa shape index (κ2) is 10.0. The van der Waals surface area contributed by atoms with Crippen molar-refractivity contribution >= 4 is 15.9 Å². The van der Waals surface area contributed by atoms with E-state index >= 15 is 0 Å². The first-order valence-corrected chi connectivity index (χ1v) is 12.7. The van der Waals surface area contributed by atoms with Crippen molar-refractivity contribution in [1.29, 1.82) is 0 Å². The highest BCUT2D eigenvalue weighted by molar-refractivity contribution is 7.89. The largest absolute Gasteiger partial charge is 0.496 e. The van der Waals surface area contributed by atoms with Crippen LogP contribution < -0.4 is 4.74 Å². The predicted octanol–water partition coefficient (Wildman–Crippen LogP) is 2.83. The summed E-state index contributed by atoms with van der Waals surface area (Å²) in [6, 6.07) is 14.8. The quantitative estimate of drug-likeness (QED) is 0.667. The Morgan fingerprint density at radius 2 is 1.59 bits per heavy atom. The number of nitrogens with zero attached hydrogens (tertiary/aromatic N) is 3. The minimum atomic E-state index is -3.69. The molecule has 2 aromatic rings. The molecule has 2 heterocycles. The first-order valence-electron chi connectivity index (χ1n) is 11.2. The Kier molecular flexibility index (Phi) is 7.13. The highest BCUT2D eigenvalue weighted by Crippen LogP contribution is 2.27. The Hall–Kier alpha value is -2.42. The molecule has 2 saturated heterocycles. The maximum absolute atomic E-state index is 13.3. The van der Waals surface area contributed by atoms with Crippen molar-refractivity contribution in [2.24, 2.45) is 0 Å². The molecular weight excluding hydrogens is 426 g/mol. The molecule has 172 valence electrons. The van der Waals surface area contributed by atoms with E-state index in [1.165, 1.54) is 29.1 Å². The number of hydrogen-bond donors (Lipinski definition) is 0. The number of methoxy groups -OCH3 is 1. The zero-order valence-electron chi connectivity index (χ0n) is 18.6. The molecule has 0 aromatic heterocycles. The van der Waals surface area contributed by atoms with Crippen LogP contribution in [-0.4, -0.2) is 74.8 Å². The summed E-state index contributed by atoms with van der Waals surface area (Å²) < 4.78 is 33.6. The van der Waals surface area contributed by atoms with Crippen molar-refractivity contribution in [3.8, 4) is 5.75 Å². The number of carbonyl (C=O) groups is 1. The van der Waals surface area contributed by atoms with Gasteiger partial charge in [0.1, 0.15) is 5.75 Å². The number of carbonyl (C=O) groups excluding carboxylic acids is 1. The number of rotatable bonds is 6. The molecule has 0 bridgehead atoms. The summed E-state index contributed by atoms with van der Waals surface area (Å²) in [6.07, 6.45) is 3.06. The van der Waals surface area contributed by atoms with Crippen LogP contribution in [0, 0.1) is 0 Å². The van der Waals surface area contributed by atoms with E-state index in [1.54, 1.807) is 11.0 Å². The fraction of sp³-hybridized carbons (Fsp3) is 0.458. The van der Waals surface area contributed by atoms with E-state index in [2.05, 4.69) is 17.0 Å². The lowest BCUT2D eigenvalue weighted by Crippen LogP contribution is -2.48. The van der Waals surface area contributed by atoms with Gasteiger partial charge in [-0.3, -0.25) is 9.69 Å². The third-order valence-electron chi connectivity index (χ3n) is 6.26. The Bertz CT molecular complexity index is 1030. The highest BCUT2D eigenvalue weighted by atomic mass is 32.2. The van der Waals surface area contributed by atoms with Crippen molar-refractivity contribution in [3.05, 3.63) is 59.7 Å². The summed E-state index contributed by atoms with van der Waals surface area (Å²) in [5.74, 6) is 0.249. The lowest BCUT2D eigenvalue weighted by Gasteiger charge is -2.34. The number of amides is 1. The molecule has 7 nitrogen and oxygen atoms in total. The summed E-state index contributed by atoms with van der Waals surface area (Å²) in [5, 5.41) is 0. The lowest BCUT2D eigenvalue weighted by atomic mass is 10.1. The van der Waals surface area contributed by atoms with Gasteiger partial charge in [0, 0.05) is 45.8 Å². The Balaban J connectivity index is 1.48. The fourth-order valence-corrected chi connectivity index (χ4v) is 5.85. The van der Waals surface area contributed by atoms with E-state index in [9.17, 15) is 13.2 Å². The summed E-state index contributed by atoms with van der Waals surface area (Å²) in [4.78, 5) is 17.3. The number of hydrogen-bond acceptors (Lipinski definition) is 5. The molecule has 1 amide bonds. The summed E-state index contributed by atoms with van der Waals surface area (Å²) >= 11 is 0. The molecule has 2 aliphatic rings. The highest BCUT2D eigenvalue weighted by Gasteiger charge is 2.30. The summed E-state index contributed by atoms with van der Waals surface area (Å²) in [5.41, 5.74) is 1.54. The van der Waals surface area contributed by atoms with Crippen molar-refractivity contribution in [2.45, 2.75) is 30.7 Å². The van der Waals surface area contributed by atoms with Crippen molar-refractivity contribution in [3.63, 3.8) is 0 Å². The van der Waals surface area contributed by atoms with Gasteiger partial charge in [0.15, 0.2) is 0 Å². The van der Waals surface area contributed by atoms with Gasteiger partial charge < -0.3 is 9.64 Å². The third kappa shape index (κ3) is 4.98. The van der Waals surface area contributed by atoms with Crippen molar-refractivity contribution in [2.75, 3.05) is 46.4 Å². The first-order chi connectivity index (χ1) is 15.5. The molecule has 0 saturated carbocycles. The van der Waals surface area contributed by atoms with Crippen LogP contribution in [0.5, 0.6) is 5.75 Å². The molecule has 2 aliphatic heterocycles. The lowest BCUT2D eigenvalue weighted by molar-refractivity contribution is 0.0720. The van der Waals surface area contributed by atoms with Crippen LogP contribution in [0.15, 0.2) is 53.4 Å². The second-order valence-electron chi connectivity index (χ2n) is 8.38. The van der Waals surface area contributed by atoms with E-state index in [-0.39, 0.29) is 10.8 Å². The summed E-state index contributed by atoms with van der Waals surface area (Å²) in [7, 11) is -2.19. The minimum Gasteiger partial charge on any atom is -0.496 e. The maximum Gasteiger partial charge on any atom is 0.257 e. The van der Waals surface area contributed by atoms with Crippen LogP contribution in [0.4, 0.5) is 0 Å². The van der Waals surface area contributed by atoms with Gasteiger partial charge in [0.05, 0.1) is 17.6 Å². The molecule has 0 aliphatic carbocycles. The van der Waals surface area contributed by atoms with Gasteiger partial charge in [0.25, 0.3) is 5.91 Å². The van der Waals surface area contributed by atoms with E-state index in [1.807, 2.05) is 18.2 Å². The molecule has 0 radical (unpaired) electrons. The number of sulfonamides is 1. The molecule has 0 spiro atoms. The second-order valence-corrected chi connectivity index (χ2v) is 10.3. The maximum atomic E-state index is 13.3. The zero-order chi connectivity index (χ0) is 22.6. The Morgan fingerprint density at radius 1 is 0.906 bits per heavy atom. The monoisotopic (exact) mass is 457 g/mol. The predicted molar refractivity (Wildman–Crippen MR) is 123 cm³/mol. The van der Waals surface area contributed by atoms with E-state index in [4.69, 9.17) is 4.74 Å². The molecule has 32 heavy (non-hydrogen) atoms. The van der Waals surface area contributed by atoms with Gasteiger partial charge in [-0.05, 0) is 43.0 Å². The van der Waals surface area contributed by atoms with Gasteiger partial charge in [-0.1, -0.05) is 30.3 Å². The smallest absolute Gasteiger partial charge is 0.257 e. The zero-order valence-corrected chi connectivity index (χ0v) is 19.4. The topological polar surface area (TPSA) is 70.2 Å². The van der Waals surface area contributed by atoms with E-state index < -0.39 is 10.0 Å². The van der Waals surface area contributed by atoms with Crippen LogP contribution >= 0.6 is 0 Å². The van der Waals surface area contributed by atoms with Gasteiger partial charge in [0.2, 0.25) is 10.0 Å². The van der Waals surface area contributed by atoms with Crippen molar-refractivity contribution in [1.82, 2.24) is 14.1 Å². The fourth-order valence-electron chi connectivity index (χ4n) is 4.40. The average molecular weight is 458 g/mol. The van der Waals surface area contributed by atoms with Gasteiger partial charge in [-0.2, -0.15) is 4.31 Å². The normalized spacial score (nSPS) is 18.5. The SMILES string of the molecule is COc1ccc(S(=O)(=O)N2CCN(Cc3ccccc3)CC2)cc1C(=O)N1CCCCC1. The number of piperidine rings is 1. The first kappa shape index (κ1) is 22.8. The van der Waals surface area contributed by atoms with E-state index in [0.717, 1.165) is 25.8 Å². The van der Waals surface area contributed by atoms with Crippen LogP contribution in [0.3, 0.4) is 0 Å². The molecule has 0 N–H and O–H groups in total.